The lowest BCUT2D eigenvalue weighted by atomic mass is 10.0. The highest BCUT2D eigenvalue weighted by Crippen LogP contribution is 2.06. The first kappa shape index (κ1) is 14.9. The number of esters is 1. The van der Waals surface area contributed by atoms with Gasteiger partial charge in [-0.05, 0) is 11.8 Å². The Labute approximate surface area is 96.2 Å². The maximum Gasteiger partial charge on any atom is 0.328 e. The van der Waals surface area contributed by atoms with Gasteiger partial charge in [0.25, 0.3) is 0 Å². The van der Waals surface area contributed by atoms with Crippen molar-refractivity contribution in [3.05, 3.63) is 0 Å². The molecular formula is C11H21NO4. The second-order valence-corrected chi connectivity index (χ2v) is 4.44. The topological polar surface area (TPSA) is 75.6 Å². The van der Waals surface area contributed by atoms with Crippen LogP contribution in [0.3, 0.4) is 0 Å². The molecule has 5 nitrogen and oxygen atoms in total. The van der Waals surface area contributed by atoms with Crippen molar-refractivity contribution < 1.29 is 19.4 Å². The predicted molar refractivity (Wildman–Crippen MR) is 59.6 cm³/mol. The molecule has 0 aliphatic rings. The minimum atomic E-state index is -1.11. The molecule has 0 bridgehead atoms. The van der Waals surface area contributed by atoms with E-state index in [1.807, 2.05) is 0 Å². The largest absolute Gasteiger partial charge is 0.467 e. The van der Waals surface area contributed by atoms with E-state index in [2.05, 4.69) is 10.1 Å². The molecule has 0 spiro atoms. The highest BCUT2D eigenvalue weighted by molar-refractivity contribution is 5.87. The van der Waals surface area contributed by atoms with Crippen LogP contribution in [0, 0.1) is 11.8 Å². The smallest absolute Gasteiger partial charge is 0.328 e. The Kier molecular flexibility index (Phi) is 6.03. The first-order valence-corrected chi connectivity index (χ1v) is 5.37. The van der Waals surface area contributed by atoms with E-state index < -0.39 is 24.0 Å². The summed E-state index contributed by atoms with van der Waals surface area (Å²) in [6.45, 7) is 7.05. The van der Waals surface area contributed by atoms with E-state index in [1.54, 1.807) is 27.7 Å². The van der Waals surface area contributed by atoms with Gasteiger partial charge in [0, 0.05) is 0 Å². The second kappa shape index (κ2) is 6.48. The lowest BCUT2D eigenvalue weighted by molar-refractivity contribution is -0.148. The molecule has 1 amide bonds. The number of carbonyl (C=O) groups excluding carboxylic acids is 2. The highest BCUT2D eigenvalue weighted by atomic mass is 16.5. The summed E-state index contributed by atoms with van der Waals surface area (Å²) in [4.78, 5) is 22.9. The lowest BCUT2D eigenvalue weighted by Gasteiger charge is -2.22. The SMILES string of the molecule is COC(=O)[C@@H](NC(=O)[C@H](O)C(C)C)C(C)C. The zero-order valence-corrected chi connectivity index (χ0v) is 10.5. The van der Waals surface area contributed by atoms with Gasteiger partial charge in [0.15, 0.2) is 0 Å². The lowest BCUT2D eigenvalue weighted by Crippen LogP contribution is -2.49. The number of hydrogen-bond donors (Lipinski definition) is 2. The van der Waals surface area contributed by atoms with Gasteiger partial charge in [-0.25, -0.2) is 4.79 Å². The van der Waals surface area contributed by atoms with E-state index in [9.17, 15) is 14.7 Å². The van der Waals surface area contributed by atoms with Crippen LogP contribution < -0.4 is 5.32 Å². The molecule has 0 rings (SSSR count). The minimum absolute atomic E-state index is 0.0873. The van der Waals surface area contributed by atoms with Crippen LogP contribution in [0.15, 0.2) is 0 Å². The summed E-state index contributed by atoms with van der Waals surface area (Å²) in [5.74, 6) is -1.32. The van der Waals surface area contributed by atoms with Gasteiger partial charge in [0.1, 0.15) is 12.1 Å². The van der Waals surface area contributed by atoms with Crippen molar-refractivity contribution in [1.82, 2.24) is 5.32 Å². The van der Waals surface area contributed by atoms with Crippen molar-refractivity contribution in [2.45, 2.75) is 39.8 Å². The molecule has 0 aromatic carbocycles. The number of aliphatic hydroxyl groups is 1. The standard InChI is InChI=1S/C11H21NO4/c1-6(2)8(11(15)16-5)12-10(14)9(13)7(3)4/h6-9,13H,1-5H3,(H,12,14)/t8-,9+/m0/s1. The first-order chi connectivity index (χ1) is 7.31. The van der Waals surface area contributed by atoms with Gasteiger partial charge in [-0.2, -0.15) is 0 Å². The zero-order chi connectivity index (χ0) is 12.9. The van der Waals surface area contributed by atoms with Crippen LogP contribution in [0.5, 0.6) is 0 Å². The molecule has 5 heteroatoms. The summed E-state index contributed by atoms with van der Waals surface area (Å²) in [5, 5.41) is 12.0. The number of aliphatic hydroxyl groups excluding tert-OH is 1. The van der Waals surface area contributed by atoms with Crippen molar-refractivity contribution in [3.63, 3.8) is 0 Å². The predicted octanol–water partition coefficient (Wildman–Crippen LogP) is 0.317. The van der Waals surface area contributed by atoms with Crippen LogP contribution in [0.2, 0.25) is 0 Å². The third kappa shape index (κ3) is 4.18. The molecule has 16 heavy (non-hydrogen) atoms. The number of ether oxygens (including phenoxy) is 1. The maximum atomic E-state index is 11.6. The Morgan fingerprint density at radius 2 is 1.62 bits per heavy atom. The molecule has 0 saturated carbocycles. The van der Waals surface area contributed by atoms with Crippen LogP contribution in [0.1, 0.15) is 27.7 Å². The van der Waals surface area contributed by atoms with Crippen LogP contribution >= 0.6 is 0 Å². The van der Waals surface area contributed by atoms with Gasteiger partial charge >= 0.3 is 5.97 Å². The van der Waals surface area contributed by atoms with Gasteiger partial charge in [-0.1, -0.05) is 27.7 Å². The quantitative estimate of drug-likeness (QED) is 0.668. The Balaban J connectivity index is 4.53. The summed E-state index contributed by atoms with van der Waals surface area (Å²) in [6, 6.07) is -0.717. The molecule has 2 atom stereocenters. The van der Waals surface area contributed by atoms with Gasteiger partial charge in [-0.15, -0.1) is 0 Å². The maximum absolute atomic E-state index is 11.6. The summed E-state index contributed by atoms with van der Waals surface area (Å²) < 4.78 is 4.58. The molecule has 94 valence electrons. The van der Waals surface area contributed by atoms with Gasteiger partial charge in [0.05, 0.1) is 7.11 Å². The fraction of sp³-hybridized carbons (Fsp3) is 0.818. The Hall–Kier alpha value is -1.10. The highest BCUT2D eigenvalue weighted by Gasteiger charge is 2.28. The van der Waals surface area contributed by atoms with Gasteiger partial charge in [0.2, 0.25) is 5.91 Å². The van der Waals surface area contributed by atoms with E-state index in [4.69, 9.17) is 0 Å². The van der Waals surface area contributed by atoms with E-state index in [-0.39, 0.29) is 11.8 Å². The average Bonchev–Trinajstić information content (AvgIpc) is 2.22. The molecule has 0 aliphatic carbocycles. The fourth-order valence-corrected chi connectivity index (χ4v) is 1.17. The molecule has 0 aromatic rings. The molecule has 0 fully saturated rings. The van der Waals surface area contributed by atoms with Crippen molar-refractivity contribution in [2.24, 2.45) is 11.8 Å². The van der Waals surface area contributed by atoms with E-state index in [0.717, 1.165) is 0 Å². The Morgan fingerprint density at radius 1 is 1.12 bits per heavy atom. The summed E-state index contributed by atoms with van der Waals surface area (Å²) in [7, 11) is 1.27. The monoisotopic (exact) mass is 231 g/mol. The molecular weight excluding hydrogens is 210 g/mol. The van der Waals surface area contributed by atoms with Crippen LogP contribution in [0.4, 0.5) is 0 Å². The summed E-state index contributed by atoms with van der Waals surface area (Å²) in [6.07, 6.45) is -1.11. The molecule has 0 saturated heterocycles. The Morgan fingerprint density at radius 3 is 1.94 bits per heavy atom. The molecule has 0 radical (unpaired) electrons. The third-order valence-electron chi connectivity index (χ3n) is 2.32. The van der Waals surface area contributed by atoms with Crippen molar-refractivity contribution in [1.29, 1.82) is 0 Å². The number of methoxy groups -OCH3 is 1. The van der Waals surface area contributed by atoms with E-state index in [1.165, 1.54) is 7.11 Å². The number of rotatable bonds is 5. The summed E-state index contributed by atoms with van der Waals surface area (Å²) >= 11 is 0. The minimum Gasteiger partial charge on any atom is -0.467 e. The molecule has 0 aliphatic heterocycles. The first-order valence-electron chi connectivity index (χ1n) is 5.37. The molecule has 2 N–H and O–H groups in total. The molecule has 0 unspecified atom stereocenters. The molecule has 0 aromatic heterocycles. The van der Waals surface area contributed by atoms with Gasteiger partial charge in [-0.3, -0.25) is 4.79 Å². The second-order valence-electron chi connectivity index (χ2n) is 4.44. The number of amides is 1. The summed E-state index contributed by atoms with van der Waals surface area (Å²) in [5.41, 5.74) is 0. The van der Waals surface area contributed by atoms with Gasteiger partial charge < -0.3 is 15.2 Å². The number of carbonyl (C=O) groups is 2. The average molecular weight is 231 g/mol. The molecule has 0 heterocycles. The van der Waals surface area contributed by atoms with E-state index >= 15 is 0 Å². The fourth-order valence-electron chi connectivity index (χ4n) is 1.17. The number of hydrogen-bond acceptors (Lipinski definition) is 4. The van der Waals surface area contributed by atoms with Crippen molar-refractivity contribution >= 4 is 11.9 Å². The number of nitrogens with one attached hydrogen (secondary N) is 1. The third-order valence-corrected chi connectivity index (χ3v) is 2.32. The van der Waals surface area contributed by atoms with Crippen LogP contribution in [0.25, 0.3) is 0 Å². The van der Waals surface area contributed by atoms with Crippen LogP contribution in [-0.4, -0.2) is 36.2 Å². The van der Waals surface area contributed by atoms with Crippen molar-refractivity contribution in [2.75, 3.05) is 7.11 Å². The normalized spacial score (nSPS) is 14.8. The zero-order valence-electron chi connectivity index (χ0n) is 10.5. The Bertz CT molecular complexity index is 250. The van der Waals surface area contributed by atoms with Crippen LogP contribution in [-0.2, 0) is 14.3 Å². The van der Waals surface area contributed by atoms with E-state index in [0.29, 0.717) is 0 Å². The van der Waals surface area contributed by atoms with Crippen molar-refractivity contribution in [3.8, 4) is 0 Å².